The molecule has 2 saturated carbocycles. The third kappa shape index (κ3) is 1.95. The van der Waals surface area contributed by atoms with Crippen LogP contribution >= 0.6 is 15.9 Å². The van der Waals surface area contributed by atoms with Crippen LogP contribution in [0.3, 0.4) is 0 Å². The Morgan fingerprint density at radius 3 is 2.38 bits per heavy atom. The van der Waals surface area contributed by atoms with Crippen molar-refractivity contribution in [1.82, 2.24) is 9.13 Å². The van der Waals surface area contributed by atoms with E-state index in [1.807, 2.05) is 14.1 Å². The van der Waals surface area contributed by atoms with E-state index in [0.29, 0.717) is 4.83 Å². The first-order chi connectivity index (χ1) is 10.1. The Kier molecular flexibility index (Phi) is 3.07. The maximum absolute atomic E-state index is 12.0. The lowest BCUT2D eigenvalue weighted by atomic mass is 10.0. The number of aromatic nitrogens is 2. The van der Waals surface area contributed by atoms with Gasteiger partial charge >= 0.3 is 5.69 Å². The molecule has 0 saturated heterocycles. The fourth-order valence-electron chi connectivity index (χ4n) is 4.40. The molecule has 21 heavy (non-hydrogen) atoms. The van der Waals surface area contributed by atoms with Crippen LogP contribution in [0.5, 0.6) is 0 Å². The fourth-order valence-corrected chi connectivity index (χ4v) is 5.47. The van der Waals surface area contributed by atoms with Crippen LogP contribution in [0.25, 0.3) is 11.0 Å². The van der Waals surface area contributed by atoms with Crippen molar-refractivity contribution in [3.63, 3.8) is 0 Å². The first kappa shape index (κ1) is 13.6. The van der Waals surface area contributed by atoms with Crippen LogP contribution in [0.4, 0.5) is 0 Å². The number of fused-ring (bicyclic) bond motifs is 2. The van der Waals surface area contributed by atoms with Gasteiger partial charge in [0.05, 0.1) is 11.0 Å². The summed E-state index contributed by atoms with van der Waals surface area (Å²) in [5.41, 5.74) is 3.42. The van der Waals surface area contributed by atoms with Crippen molar-refractivity contribution >= 4 is 27.0 Å². The van der Waals surface area contributed by atoms with Gasteiger partial charge in [-0.25, -0.2) is 4.79 Å². The lowest BCUT2D eigenvalue weighted by Crippen LogP contribution is -2.19. The zero-order valence-electron chi connectivity index (χ0n) is 12.6. The molecule has 0 N–H and O–H groups in total. The molecule has 4 heteroatoms. The van der Waals surface area contributed by atoms with Crippen molar-refractivity contribution in [3.8, 4) is 0 Å². The molecule has 0 amide bonds. The lowest BCUT2D eigenvalue weighted by Gasteiger charge is -2.10. The highest BCUT2D eigenvalue weighted by Gasteiger charge is 2.53. The Labute approximate surface area is 133 Å². The highest BCUT2D eigenvalue weighted by molar-refractivity contribution is 9.09. The van der Waals surface area contributed by atoms with E-state index in [1.54, 1.807) is 9.13 Å². The van der Waals surface area contributed by atoms with E-state index < -0.39 is 0 Å². The second kappa shape index (κ2) is 4.73. The molecule has 1 heterocycles. The largest absolute Gasteiger partial charge is 0.328 e. The smallest absolute Gasteiger partial charge is 0.295 e. The molecule has 1 aromatic heterocycles. The number of benzene rings is 1. The summed E-state index contributed by atoms with van der Waals surface area (Å²) in [5.74, 6) is 2.66. The summed E-state index contributed by atoms with van der Waals surface area (Å²) < 4.78 is 3.47. The number of alkyl halides is 1. The van der Waals surface area contributed by atoms with Gasteiger partial charge in [-0.3, -0.25) is 9.13 Å². The summed E-state index contributed by atoms with van der Waals surface area (Å²) in [5, 5.41) is 0. The standard InChI is InChI=1S/C17H21BrN2O/c1-19-13-8-7-10(9-14(13)20(2)17(19)21)16(18)15-11-5-3-4-6-12(11)15/h7-9,11-12,15-16H,3-6H2,1-2H3. The molecule has 3 atom stereocenters. The Morgan fingerprint density at radius 1 is 1.10 bits per heavy atom. The summed E-state index contributed by atoms with van der Waals surface area (Å²) in [6, 6.07) is 6.47. The van der Waals surface area contributed by atoms with Gasteiger partial charge in [0.25, 0.3) is 0 Å². The normalized spacial score (nSPS) is 29.4. The molecule has 4 rings (SSSR count). The molecule has 0 spiro atoms. The predicted molar refractivity (Wildman–Crippen MR) is 88.8 cm³/mol. The Hall–Kier alpha value is -1.03. The monoisotopic (exact) mass is 348 g/mol. The number of hydrogen-bond donors (Lipinski definition) is 0. The Morgan fingerprint density at radius 2 is 1.71 bits per heavy atom. The minimum absolute atomic E-state index is 0.0494. The minimum atomic E-state index is 0.0494. The van der Waals surface area contributed by atoms with Crippen LogP contribution < -0.4 is 5.69 Å². The van der Waals surface area contributed by atoms with E-state index in [4.69, 9.17) is 0 Å². The number of nitrogens with zero attached hydrogens (tertiary/aromatic N) is 2. The van der Waals surface area contributed by atoms with E-state index in [9.17, 15) is 4.79 Å². The first-order valence-corrected chi connectivity index (χ1v) is 8.80. The highest BCUT2D eigenvalue weighted by Crippen LogP contribution is 2.62. The maximum Gasteiger partial charge on any atom is 0.328 e. The summed E-state index contributed by atoms with van der Waals surface area (Å²) >= 11 is 3.94. The molecule has 0 bridgehead atoms. The third-order valence-electron chi connectivity index (χ3n) is 5.68. The van der Waals surface area contributed by atoms with Gasteiger partial charge in [-0.15, -0.1) is 0 Å². The second-order valence-electron chi connectivity index (χ2n) is 6.74. The quantitative estimate of drug-likeness (QED) is 0.759. The van der Waals surface area contributed by atoms with Gasteiger partial charge in [0, 0.05) is 18.9 Å². The number of aryl methyl sites for hydroxylation is 2. The van der Waals surface area contributed by atoms with Crippen LogP contribution in [-0.4, -0.2) is 9.13 Å². The van der Waals surface area contributed by atoms with Crippen molar-refractivity contribution in [2.75, 3.05) is 0 Å². The van der Waals surface area contributed by atoms with Crippen molar-refractivity contribution in [1.29, 1.82) is 0 Å². The molecular weight excluding hydrogens is 328 g/mol. The van der Waals surface area contributed by atoms with E-state index in [0.717, 1.165) is 28.8 Å². The zero-order chi connectivity index (χ0) is 14.7. The van der Waals surface area contributed by atoms with Crippen molar-refractivity contribution in [3.05, 3.63) is 34.2 Å². The molecule has 3 nitrogen and oxygen atoms in total. The van der Waals surface area contributed by atoms with Crippen LogP contribution in [0.15, 0.2) is 23.0 Å². The second-order valence-corrected chi connectivity index (χ2v) is 7.73. The number of imidazole rings is 1. The van der Waals surface area contributed by atoms with Gasteiger partial charge in [0.15, 0.2) is 0 Å². The fraction of sp³-hybridized carbons (Fsp3) is 0.588. The van der Waals surface area contributed by atoms with Crippen molar-refractivity contribution < 1.29 is 0 Å². The maximum atomic E-state index is 12.0. The van der Waals surface area contributed by atoms with Crippen LogP contribution in [0, 0.1) is 17.8 Å². The molecule has 112 valence electrons. The van der Waals surface area contributed by atoms with Crippen LogP contribution in [-0.2, 0) is 14.1 Å². The molecule has 2 aliphatic rings. The topological polar surface area (TPSA) is 26.9 Å². The van der Waals surface area contributed by atoms with Gasteiger partial charge in [-0.1, -0.05) is 34.8 Å². The summed E-state index contributed by atoms with van der Waals surface area (Å²) in [7, 11) is 3.69. The molecule has 2 aliphatic carbocycles. The predicted octanol–water partition coefficient (Wildman–Crippen LogP) is 3.75. The highest BCUT2D eigenvalue weighted by atomic mass is 79.9. The summed E-state index contributed by atoms with van der Waals surface area (Å²) in [4.78, 5) is 12.5. The molecule has 0 radical (unpaired) electrons. The minimum Gasteiger partial charge on any atom is -0.295 e. The van der Waals surface area contributed by atoms with Gasteiger partial charge in [0.2, 0.25) is 0 Å². The lowest BCUT2D eigenvalue weighted by molar-refractivity contribution is 0.480. The average Bonchev–Trinajstić information content (AvgIpc) is 3.21. The molecule has 1 aromatic carbocycles. The molecule has 2 aromatic rings. The van der Waals surface area contributed by atoms with Crippen molar-refractivity contribution in [2.45, 2.75) is 30.5 Å². The van der Waals surface area contributed by atoms with E-state index in [2.05, 4.69) is 34.1 Å². The van der Waals surface area contributed by atoms with Crippen molar-refractivity contribution in [2.24, 2.45) is 31.8 Å². The van der Waals surface area contributed by atoms with Gasteiger partial charge in [-0.05, 0) is 48.3 Å². The number of rotatable bonds is 2. The Bertz CT molecular complexity index is 748. The van der Waals surface area contributed by atoms with Crippen LogP contribution in [0.2, 0.25) is 0 Å². The third-order valence-corrected chi connectivity index (χ3v) is 6.81. The molecule has 0 aliphatic heterocycles. The Balaban J connectivity index is 1.71. The van der Waals surface area contributed by atoms with Gasteiger partial charge < -0.3 is 0 Å². The molecule has 3 unspecified atom stereocenters. The molecular formula is C17H21BrN2O. The summed E-state index contributed by atoms with van der Waals surface area (Å²) in [6.45, 7) is 0. The number of halogens is 1. The van der Waals surface area contributed by atoms with E-state index >= 15 is 0 Å². The SMILES string of the molecule is Cn1c(=O)n(C)c2cc(C(Br)C3C4CCCCC43)ccc21. The van der Waals surface area contributed by atoms with E-state index in [-0.39, 0.29) is 5.69 Å². The number of hydrogen-bond acceptors (Lipinski definition) is 1. The average molecular weight is 349 g/mol. The molecule has 2 fully saturated rings. The summed E-state index contributed by atoms with van der Waals surface area (Å²) in [6.07, 6.45) is 5.63. The van der Waals surface area contributed by atoms with Crippen LogP contribution in [0.1, 0.15) is 36.1 Å². The first-order valence-electron chi connectivity index (χ1n) is 7.89. The van der Waals surface area contributed by atoms with Gasteiger partial charge in [0.1, 0.15) is 0 Å². The zero-order valence-corrected chi connectivity index (χ0v) is 14.1. The van der Waals surface area contributed by atoms with Gasteiger partial charge in [-0.2, -0.15) is 0 Å². The van der Waals surface area contributed by atoms with E-state index in [1.165, 1.54) is 31.2 Å².